The van der Waals surface area contributed by atoms with Gasteiger partial charge in [0.2, 0.25) is 0 Å². The van der Waals surface area contributed by atoms with Crippen molar-refractivity contribution in [2.24, 2.45) is 5.73 Å². The molecule has 3 aromatic rings. The first-order valence-electron chi connectivity index (χ1n) is 9.42. The Morgan fingerprint density at radius 1 is 1.12 bits per heavy atom. The van der Waals surface area contributed by atoms with Crippen molar-refractivity contribution in [1.29, 1.82) is 0 Å². The van der Waals surface area contributed by atoms with Gasteiger partial charge in [0.15, 0.2) is 0 Å². The highest BCUT2D eigenvalue weighted by Crippen LogP contribution is 2.25. The van der Waals surface area contributed by atoms with Crippen LogP contribution in [0.4, 0.5) is 0 Å². The summed E-state index contributed by atoms with van der Waals surface area (Å²) in [6, 6.07) is 12.5. The number of aryl methyl sites for hydroxylation is 4. The molecule has 0 saturated heterocycles. The number of imidazole rings is 1. The summed E-state index contributed by atoms with van der Waals surface area (Å²) in [6.07, 6.45) is 1.79. The van der Waals surface area contributed by atoms with Crippen molar-refractivity contribution in [2.45, 2.75) is 53.1 Å². The normalized spacial score (nSPS) is 12.5. The second-order valence-electron chi connectivity index (χ2n) is 7.08. The van der Waals surface area contributed by atoms with Gasteiger partial charge in [0.1, 0.15) is 11.6 Å². The average molecular weight is 351 g/mol. The van der Waals surface area contributed by atoms with Crippen LogP contribution in [0.5, 0.6) is 5.75 Å². The van der Waals surface area contributed by atoms with Gasteiger partial charge in [-0.3, -0.25) is 0 Å². The smallest absolute Gasteiger partial charge is 0.126 e. The van der Waals surface area contributed by atoms with Crippen LogP contribution in [-0.4, -0.2) is 16.2 Å². The fourth-order valence-corrected chi connectivity index (χ4v) is 3.22. The van der Waals surface area contributed by atoms with Crippen molar-refractivity contribution in [3.8, 4) is 5.75 Å². The number of hydrogen-bond donors (Lipinski definition) is 1. The summed E-state index contributed by atoms with van der Waals surface area (Å²) >= 11 is 0. The highest BCUT2D eigenvalue weighted by Gasteiger charge is 2.16. The van der Waals surface area contributed by atoms with Crippen LogP contribution in [0.15, 0.2) is 36.4 Å². The van der Waals surface area contributed by atoms with Crippen LogP contribution in [0.2, 0.25) is 0 Å². The minimum atomic E-state index is -0.0410. The first-order valence-corrected chi connectivity index (χ1v) is 9.42. The number of ether oxygens (including phenoxy) is 1. The fourth-order valence-electron chi connectivity index (χ4n) is 3.22. The molecule has 3 rings (SSSR count). The second-order valence-corrected chi connectivity index (χ2v) is 7.08. The standard InChI is InChI=1S/C22H29N3O/c1-5-19(23)22-24-20-13-16(3)17(4)14-21(20)25(22)10-7-11-26-18-9-6-8-15(2)12-18/h6,8-9,12-14,19H,5,7,10-11,23H2,1-4H3. The quantitative estimate of drug-likeness (QED) is 0.620. The average Bonchev–Trinajstić information content (AvgIpc) is 2.96. The molecular formula is C22H29N3O. The van der Waals surface area contributed by atoms with E-state index in [4.69, 9.17) is 15.5 Å². The van der Waals surface area contributed by atoms with Crippen LogP contribution in [0, 0.1) is 20.8 Å². The predicted molar refractivity (Wildman–Crippen MR) is 108 cm³/mol. The Morgan fingerprint density at radius 2 is 1.88 bits per heavy atom. The van der Waals surface area contributed by atoms with E-state index in [1.807, 2.05) is 12.1 Å². The van der Waals surface area contributed by atoms with Crippen LogP contribution in [0.1, 0.15) is 48.3 Å². The summed E-state index contributed by atoms with van der Waals surface area (Å²) in [5, 5.41) is 0. The topological polar surface area (TPSA) is 53.1 Å². The SMILES string of the molecule is CCC(N)c1nc2cc(C)c(C)cc2n1CCCOc1cccc(C)c1. The fraction of sp³-hybridized carbons (Fsp3) is 0.409. The Hall–Kier alpha value is -2.33. The first-order chi connectivity index (χ1) is 12.5. The van der Waals surface area contributed by atoms with Crippen molar-refractivity contribution in [2.75, 3.05) is 6.61 Å². The molecule has 2 aromatic carbocycles. The predicted octanol–water partition coefficient (Wildman–Crippen LogP) is 4.84. The minimum Gasteiger partial charge on any atom is -0.494 e. The molecule has 1 heterocycles. The molecule has 0 bridgehead atoms. The van der Waals surface area contributed by atoms with Gasteiger partial charge in [-0.15, -0.1) is 0 Å². The maximum atomic E-state index is 6.33. The van der Waals surface area contributed by atoms with Gasteiger partial charge in [-0.1, -0.05) is 19.1 Å². The molecule has 0 amide bonds. The van der Waals surface area contributed by atoms with Crippen LogP contribution in [0.3, 0.4) is 0 Å². The van der Waals surface area contributed by atoms with Gasteiger partial charge in [-0.25, -0.2) is 4.98 Å². The van der Waals surface area contributed by atoms with Crippen molar-refractivity contribution in [1.82, 2.24) is 9.55 Å². The van der Waals surface area contributed by atoms with E-state index in [0.29, 0.717) is 6.61 Å². The van der Waals surface area contributed by atoms with E-state index in [9.17, 15) is 0 Å². The van der Waals surface area contributed by atoms with Gasteiger partial charge in [-0.05, 0) is 74.6 Å². The third-order valence-electron chi connectivity index (χ3n) is 4.95. The summed E-state index contributed by atoms with van der Waals surface area (Å²) in [5.74, 6) is 1.90. The van der Waals surface area contributed by atoms with Gasteiger partial charge in [0.05, 0.1) is 23.7 Å². The van der Waals surface area contributed by atoms with E-state index in [1.165, 1.54) is 22.2 Å². The molecule has 1 unspecified atom stereocenters. The molecule has 4 heteroatoms. The number of benzene rings is 2. The Labute approximate surface area is 156 Å². The summed E-state index contributed by atoms with van der Waals surface area (Å²) in [5.41, 5.74) is 12.3. The van der Waals surface area contributed by atoms with Crippen LogP contribution < -0.4 is 10.5 Å². The Kier molecular flexibility index (Phi) is 5.62. The van der Waals surface area contributed by atoms with Crippen LogP contribution >= 0.6 is 0 Å². The molecule has 2 N–H and O–H groups in total. The Bertz CT molecular complexity index is 898. The highest BCUT2D eigenvalue weighted by molar-refractivity contribution is 5.78. The van der Waals surface area contributed by atoms with E-state index in [0.717, 1.165) is 36.5 Å². The number of nitrogens with two attached hydrogens (primary N) is 1. The molecule has 4 nitrogen and oxygen atoms in total. The van der Waals surface area contributed by atoms with Gasteiger partial charge >= 0.3 is 0 Å². The van der Waals surface area contributed by atoms with Gasteiger partial charge in [-0.2, -0.15) is 0 Å². The van der Waals surface area contributed by atoms with Gasteiger partial charge in [0, 0.05) is 6.54 Å². The molecule has 0 aliphatic heterocycles. The molecule has 0 spiro atoms. The molecule has 1 aromatic heterocycles. The lowest BCUT2D eigenvalue weighted by Crippen LogP contribution is -2.17. The monoisotopic (exact) mass is 351 g/mol. The van der Waals surface area contributed by atoms with E-state index >= 15 is 0 Å². The summed E-state index contributed by atoms with van der Waals surface area (Å²) in [4.78, 5) is 4.83. The number of hydrogen-bond acceptors (Lipinski definition) is 3. The maximum Gasteiger partial charge on any atom is 0.126 e. The lowest BCUT2D eigenvalue weighted by atomic mass is 10.1. The zero-order chi connectivity index (χ0) is 18.7. The minimum absolute atomic E-state index is 0.0410. The lowest BCUT2D eigenvalue weighted by molar-refractivity contribution is 0.301. The summed E-state index contributed by atoms with van der Waals surface area (Å²) in [7, 11) is 0. The Morgan fingerprint density at radius 3 is 2.62 bits per heavy atom. The maximum absolute atomic E-state index is 6.33. The molecule has 0 radical (unpaired) electrons. The largest absolute Gasteiger partial charge is 0.494 e. The molecule has 0 aliphatic rings. The van der Waals surface area contributed by atoms with E-state index in [1.54, 1.807) is 0 Å². The Balaban J connectivity index is 1.78. The molecule has 0 saturated carbocycles. The van der Waals surface area contributed by atoms with Gasteiger partial charge in [0.25, 0.3) is 0 Å². The molecule has 1 atom stereocenters. The second kappa shape index (κ2) is 7.92. The zero-order valence-corrected chi connectivity index (χ0v) is 16.2. The molecule has 0 aliphatic carbocycles. The zero-order valence-electron chi connectivity index (χ0n) is 16.2. The van der Waals surface area contributed by atoms with Crippen LogP contribution in [-0.2, 0) is 6.54 Å². The van der Waals surface area contributed by atoms with Crippen LogP contribution in [0.25, 0.3) is 11.0 Å². The van der Waals surface area contributed by atoms with Crippen molar-refractivity contribution < 1.29 is 4.74 Å². The molecule has 26 heavy (non-hydrogen) atoms. The van der Waals surface area contributed by atoms with E-state index < -0.39 is 0 Å². The van der Waals surface area contributed by atoms with E-state index in [-0.39, 0.29) is 6.04 Å². The molecule has 138 valence electrons. The van der Waals surface area contributed by atoms with Crippen molar-refractivity contribution in [3.63, 3.8) is 0 Å². The number of aromatic nitrogens is 2. The summed E-state index contributed by atoms with van der Waals surface area (Å²) < 4.78 is 8.18. The third kappa shape index (κ3) is 3.91. The number of fused-ring (bicyclic) bond motifs is 1. The molecular weight excluding hydrogens is 322 g/mol. The molecule has 0 fully saturated rings. The van der Waals surface area contributed by atoms with Crippen molar-refractivity contribution >= 4 is 11.0 Å². The number of rotatable bonds is 7. The van der Waals surface area contributed by atoms with Gasteiger partial charge < -0.3 is 15.0 Å². The highest BCUT2D eigenvalue weighted by atomic mass is 16.5. The lowest BCUT2D eigenvalue weighted by Gasteiger charge is -2.14. The summed E-state index contributed by atoms with van der Waals surface area (Å²) in [6.45, 7) is 9.98. The third-order valence-corrected chi connectivity index (χ3v) is 4.95. The number of nitrogens with zero attached hydrogens (tertiary/aromatic N) is 2. The van der Waals surface area contributed by atoms with Crippen molar-refractivity contribution in [3.05, 3.63) is 58.9 Å². The first kappa shape index (κ1) is 18.5. The van der Waals surface area contributed by atoms with E-state index in [2.05, 4.69) is 56.5 Å².